The van der Waals surface area contributed by atoms with Crippen LogP contribution in [-0.4, -0.2) is 26.4 Å². The van der Waals surface area contributed by atoms with E-state index in [-0.39, 0.29) is 15.9 Å². The molecule has 1 aromatic heterocycles. The predicted molar refractivity (Wildman–Crippen MR) is 88.9 cm³/mol. The molecule has 1 aromatic carbocycles. The van der Waals surface area contributed by atoms with E-state index < -0.39 is 29.0 Å². The van der Waals surface area contributed by atoms with Gasteiger partial charge in [-0.25, -0.2) is 9.89 Å². The molecule has 6 nitrogen and oxygen atoms in total. The minimum Gasteiger partial charge on any atom is -0.324 e. The van der Waals surface area contributed by atoms with Crippen molar-refractivity contribution in [3.05, 3.63) is 39.3 Å². The molecule has 136 valence electrons. The molecule has 0 aliphatic heterocycles. The Hall–Kier alpha value is -1.94. The zero-order valence-electron chi connectivity index (χ0n) is 13.0. The topological polar surface area (TPSA) is 79.8 Å². The SMILES string of the molecule is CCCn1c(SCC(=O)Nc2c(Cl)cccc2C(F)(F)F)n[nH]c1=O. The van der Waals surface area contributed by atoms with E-state index in [1.54, 1.807) is 0 Å². The molecule has 1 amide bonds. The van der Waals surface area contributed by atoms with Crippen molar-refractivity contribution < 1.29 is 18.0 Å². The van der Waals surface area contributed by atoms with Crippen LogP contribution in [0.5, 0.6) is 0 Å². The molecule has 2 N–H and O–H groups in total. The lowest BCUT2D eigenvalue weighted by Crippen LogP contribution is -2.20. The van der Waals surface area contributed by atoms with Crippen LogP contribution in [-0.2, 0) is 17.5 Å². The summed E-state index contributed by atoms with van der Waals surface area (Å²) in [5.41, 5.74) is -1.92. The van der Waals surface area contributed by atoms with E-state index in [9.17, 15) is 22.8 Å². The average molecular weight is 395 g/mol. The zero-order chi connectivity index (χ0) is 18.6. The third kappa shape index (κ3) is 4.79. The number of H-pyrrole nitrogens is 1. The van der Waals surface area contributed by atoms with Crippen LogP contribution in [0.15, 0.2) is 28.2 Å². The summed E-state index contributed by atoms with van der Waals surface area (Å²) in [4.78, 5) is 23.6. The van der Waals surface area contributed by atoms with Gasteiger partial charge in [-0.2, -0.15) is 13.2 Å². The van der Waals surface area contributed by atoms with E-state index in [4.69, 9.17) is 11.6 Å². The van der Waals surface area contributed by atoms with E-state index in [1.807, 2.05) is 6.92 Å². The molecule has 0 radical (unpaired) electrons. The van der Waals surface area contributed by atoms with Gasteiger partial charge in [0.15, 0.2) is 5.16 Å². The normalized spacial score (nSPS) is 11.6. The van der Waals surface area contributed by atoms with Crippen LogP contribution in [0.4, 0.5) is 18.9 Å². The molecule has 0 unspecified atom stereocenters. The number of rotatable bonds is 6. The zero-order valence-corrected chi connectivity index (χ0v) is 14.6. The first-order valence-electron chi connectivity index (χ1n) is 7.17. The molecular weight excluding hydrogens is 381 g/mol. The Morgan fingerprint density at radius 1 is 1.44 bits per heavy atom. The first-order chi connectivity index (χ1) is 11.7. The van der Waals surface area contributed by atoms with E-state index >= 15 is 0 Å². The summed E-state index contributed by atoms with van der Waals surface area (Å²) >= 11 is 6.72. The number of halogens is 4. The van der Waals surface area contributed by atoms with Crippen molar-refractivity contribution in [1.82, 2.24) is 14.8 Å². The lowest BCUT2D eigenvalue weighted by molar-refractivity contribution is -0.137. The van der Waals surface area contributed by atoms with Crippen LogP contribution in [0, 0.1) is 0 Å². The van der Waals surface area contributed by atoms with Crippen molar-refractivity contribution in [1.29, 1.82) is 0 Å². The van der Waals surface area contributed by atoms with Gasteiger partial charge in [-0.3, -0.25) is 9.36 Å². The first-order valence-corrected chi connectivity index (χ1v) is 8.54. The number of para-hydroxylation sites is 1. The van der Waals surface area contributed by atoms with Gasteiger partial charge in [0.2, 0.25) is 5.91 Å². The second kappa shape index (κ2) is 7.96. The molecule has 0 atom stereocenters. The Kier molecular flexibility index (Phi) is 6.17. The smallest absolute Gasteiger partial charge is 0.324 e. The number of anilines is 1. The Balaban J connectivity index is 2.11. The largest absolute Gasteiger partial charge is 0.418 e. The Morgan fingerprint density at radius 3 is 2.80 bits per heavy atom. The highest BCUT2D eigenvalue weighted by Gasteiger charge is 2.34. The molecule has 11 heteroatoms. The molecule has 0 fully saturated rings. The first kappa shape index (κ1) is 19.4. The van der Waals surface area contributed by atoms with Crippen LogP contribution in [0.3, 0.4) is 0 Å². The summed E-state index contributed by atoms with van der Waals surface area (Å²) in [7, 11) is 0. The highest BCUT2D eigenvalue weighted by molar-refractivity contribution is 7.99. The number of alkyl halides is 3. The van der Waals surface area contributed by atoms with Crippen molar-refractivity contribution in [3.63, 3.8) is 0 Å². The predicted octanol–water partition coefficient (Wildman–Crippen LogP) is 3.38. The number of carbonyl (C=O) groups is 1. The maximum absolute atomic E-state index is 13.0. The summed E-state index contributed by atoms with van der Waals surface area (Å²) in [5.74, 6) is -0.918. The van der Waals surface area contributed by atoms with Crippen molar-refractivity contribution in [2.45, 2.75) is 31.2 Å². The molecule has 2 rings (SSSR count). The molecule has 0 saturated heterocycles. The van der Waals surface area contributed by atoms with Gasteiger partial charge in [0.05, 0.1) is 22.0 Å². The Bertz CT molecular complexity index is 819. The van der Waals surface area contributed by atoms with E-state index in [0.717, 1.165) is 23.9 Å². The molecule has 0 aliphatic rings. The van der Waals surface area contributed by atoms with Crippen LogP contribution in [0.25, 0.3) is 0 Å². The number of hydrogen-bond donors (Lipinski definition) is 2. The minimum atomic E-state index is -4.65. The van der Waals surface area contributed by atoms with Gasteiger partial charge in [-0.1, -0.05) is 36.4 Å². The van der Waals surface area contributed by atoms with Gasteiger partial charge in [-0.05, 0) is 18.6 Å². The second-order valence-corrected chi connectivity index (χ2v) is 6.31. The molecule has 0 spiro atoms. The highest BCUT2D eigenvalue weighted by atomic mass is 35.5. The summed E-state index contributed by atoms with van der Waals surface area (Å²) in [6.07, 6.45) is -3.96. The third-order valence-electron chi connectivity index (χ3n) is 3.09. The van der Waals surface area contributed by atoms with Gasteiger partial charge >= 0.3 is 11.9 Å². The van der Waals surface area contributed by atoms with Crippen LogP contribution in [0.2, 0.25) is 5.02 Å². The summed E-state index contributed by atoms with van der Waals surface area (Å²) < 4.78 is 40.4. The highest BCUT2D eigenvalue weighted by Crippen LogP contribution is 2.38. The summed E-state index contributed by atoms with van der Waals surface area (Å²) in [6.45, 7) is 2.29. The van der Waals surface area contributed by atoms with Crippen LogP contribution >= 0.6 is 23.4 Å². The summed E-state index contributed by atoms with van der Waals surface area (Å²) in [6, 6.07) is 3.25. The lowest BCUT2D eigenvalue weighted by Gasteiger charge is -2.15. The van der Waals surface area contributed by atoms with Crippen LogP contribution < -0.4 is 11.0 Å². The van der Waals surface area contributed by atoms with Gasteiger partial charge in [0.1, 0.15) is 0 Å². The second-order valence-electron chi connectivity index (χ2n) is 4.96. The molecule has 25 heavy (non-hydrogen) atoms. The maximum atomic E-state index is 13.0. The van der Waals surface area contributed by atoms with Gasteiger partial charge in [0, 0.05) is 6.54 Å². The molecule has 0 saturated carbocycles. The quantitative estimate of drug-likeness (QED) is 0.736. The number of aromatic nitrogens is 3. The molecule has 0 bridgehead atoms. The third-order valence-corrected chi connectivity index (χ3v) is 4.38. The minimum absolute atomic E-state index is 0.212. The Morgan fingerprint density at radius 2 is 2.16 bits per heavy atom. The van der Waals surface area contributed by atoms with Crippen molar-refractivity contribution in [3.8, 4) is 0 Å². The van der Waals surface area contributed by atoms with Gasteiger partial charge < -0.3 is 5.32 Å². The molecule has 0 aliphatic carbocycles. The number of nitrogens with one attached hydrogen (secondary N) is 2. The molecule has 2 aromatic rings. The standard InChI is InChI=1S/C14H14ClF3N4O2S/c1-2-6-22-12(24)20-21-13(22)25-7-10(23)19-11-8(14(16,17)18)4-3-5-9(11)15/h3-5H,2,6-7H2,1H3,(H,19,23)(H,20,24). The fourth-order valence-corrected chi connectivity index (χ4v) is 3.02. The monoisotopic (exact) mass is 394 g/mol. The number of nitrogens with zero attached hydrogens (tertiary/aromatic N) is 2. The fraction of sp³-hybridized carbons (Fsp3) is 0.357. The van der Waals surface area contributed by atoms with Crippen molar-refractivity contribution >= 4 is 35.0 Å². The number of aromatic amines is 1. The van der Waals surface area contributed by atoms with Crippen molar-refractivity contribution in [2.75, 3.05) is 11.1 Å². The van der Waals surface area contributed by atoms with Gasteiger partial charge in [-0.15, -0.1) is 5.10 Å². The number of amides is 1. The molecule has 1 heterocycles. The van der Waals surface area contributed by atoms with E-state index in [0.29, 0.717) is 13.0 Å². The van der Waals surface area contributed by atoms with Crippen molar-refractivity contribution in [2.24, 2.45) is 0 Å². The number of hydrogen-bond acceptors (Lipinski definition) is 4. The maximum Gasteiger partial charge on any atom is 0.418 e. The van der Waals surface area contributed by atoms with E-state index in [2.05, 4.69) is 15.5 Å². The Labute approximate surface area is 149 Å². The number of carbonyl (C=O) groups excluding carboxylic acids is 1. The average Bonchev–Trinajstić information content (AvgIpc) is 2.87. The van der Waals surface area contributed by atoms with Crippen LogP contribution in [0.1, 0.15) is 18.9 Å². The lowest BCUT2D eigenvalue weighted by atomic mass is 10.1. The summed E-state index contributed by atoms with van der Waals surface area (Å²) in [5, 5.41) is 8.31. The number of thioether (sulfide) groups is 1. The van der Waals surface area contributed by atoms with Gasteiger partial charge in [0.25, 0.3) is 0 Å². The fourth-order valence-electron chi connectivity index (χ4n) is 2.03. The number of benzene rings is 1. The molecular formula is C14H14ClF3N4O2S. The van der Waals surface area contributed by atoms with E-state index in [1.165, 1.54) is 10.6 Å².